The Labute approximate surface area is 141 Å². The molecule has 0 bridgehead atoms. The SMILES string of the molecule is O=C(c1nnc2ccccc2n1)N(C[C@@H]1CCCO1)C1CCCC1. The maximum atomic E-state index is 13.1. The van der Waals surface area contributed by atoms with E-state index in [1.165, 1.54) is 12.8 Å². The summed E-state index contributed by atoms with van der Waals surface area (Å²) < 4.78 is 5.75. The fourth-order valence-electron chi connectivity index (χ4n) is 3.72. The third-order valence-corrected chi connectivity index (χ3v) is 5.00. The van der Waals surface area contributed by atoms with E-state index in [2.05, 4.69) is 15.2 Å². The molecule has 1 aromatic heterocycles. The van der Waals surface area contributed by atoms with Gasteiger partial charge in [0, 0.05) is 19.2 Å². The van der Waals surface area contributed by atoms with Gasteiger partial charge in [-0.05, 0) is 37.8 Å². The Balaban J connectivity index is 1.60. The zero-order valence-corrected chi connectivity index (χ0v) is 13.7. The summed E-state index contributed by atoms with van der Waals surface area (Å²) in [5, 5.41) is 8.23. The Morgan fingerprint density at radius 2 is 1.88 bits per heavy atom. The van der Waals surface area contributed by atoms with Gasteiger partial charge in [-0.1, -0.05) is 25.0 Å². The lowest BCUT2D eigenvalue weighted by Crippen LogP contribution is -2.44. The van der Waals surface area contributed by atoms with Crippen molar-refractivity contribution >= 4 is 16.9 Å². The van der Waals surface area contributed by atoms with Crippen molar-refractivity contribution in [1.29, 1.82) is 0 Å². The maximum Gasteiger partial charge on any atom is 0.293 e. The highest BCUT2D eigenvalue weighted by atomic mass is 16.5. The molecule has 24 heavy (non-hydrogen) atoms. The number of amides is 1. The summed E-state index contributed by atoms with van der Waals surface area (Å²) in [7, 11) is 0. The Morgan fingerprint density at radius 3 is 2.62 bits per heavy atom. The van der Waals surface area contributed by atoms with Gasteiger partial charge in [-0.2, -0.15) is 0 Å². The largest absolute Gasteiger partial charge is 0.376 e. The molecule has 6 heteroatoms. The molecule has 1 saturated heterocycles. The van der Waals surface area contributed by atoms with Gasteiger partial charge in [-0.25, -0.2) is 4.98 Å². The summed E-state index contributed by atoms with van der Waals surface area (Å²) in [5.41, 5.74) is 1.42. The Morgan fingerprint density at radius 1 is 1.08 bits per heavy atom. The van der Waals surface area contributed by atoms with E-state index in [1.54, 1.807) is 0 Å². The molecular formula is C18H22N4O2. The zero-order valence-electron chi connectivity index (χ0n) is 13.7. The smallest absolute Gasteiger partial charge is 0.293 e. The normalized spacial score (nSPS) is 21.4. The number of para-hydroxylation sites is 1. The van der Waals surface area contributed by atoms with Crippen LogP contribution in [0.1, 0.15) is 49.1 Å². The molecule has 6 nitrogen and oxygen atoms in total. The predicted molar refractivity (Wildman–Crippen MR) is 89.6 cm³/mol. The van der Waals surface area contributed by atoms with Crippen molar-refractivity contribution in [1.82, 2.24) is 20.1 Å². The lowest BCUT2D eigenvalue weighted by Gasteiger charge is -2.30. The number of fused-ring (bicyclic) bond motifs is 1. The quantitative estimate of drug-likeness (QED) is 0.864. The van der Waals surface area contributed by atoms with Gasteiger partial charge in [-0.3, -0.25) is 4.79 Å². The van der Waals surface area contributed by atoms with Crippen LogP contribution in [0.25, 0.3) is 11.0 Å². The highest BCUT2D eigenvalue weighted by Crippen LogP contribution is 2.26. The van der Waals surface area contributed by atoms with Crippen molar-refractivity contribution in [2.45, 2.75) is 50.7 Å². The van der Waals surface area contributed by atoms with Gasteiger partial charge in [0.2, 0.25) is 5.82 Å². The van der Waals surface area contributed by atoms with E-state index in [-0.39, 0.29) is 23.9 Å². The number of hydrogen-bond acceptors (Lipinski definition) is 5. The predicted octanol–water partition coefficient (Wildman–Crippen LogP) is 2.59. The van der Waals surface area contributed by atoms with E-state index < -0.39 is 0 Å². The second kappa shape index (κ2) is 6.81. The van der Waals surface area contributed by atoms with Crippen LogP contribution in [0.3, 0.4) is 0 Å². The van der Waals surface area contributed by atoms with Crippen LogP contribution in [-0.4, -0.2) is 51.3 Å². The van der Waals surface area contributed by atoms with E-state index in [1.807, 2.05) is 29.2 Å². The van der Waals surface area contributed by atoms with Gasteiger partial charge < -0.3 is 9.64 Å². The Bertz CT molecular complexity index is 724. The van der Waals surface area contributed by atoms with Crippen LogP contribution in [-0.2, 0) is 4.74 Å². The average Bonchev–Trinajstić information content (AvgIpc) is 3.32. The van der Waals surface area contributed by atoms with E-state index in [0.29, 0.717) is 17.6 Å². The third kappa shape index (κ3) is 3.11. The van der Waals surface area contributed by atoms with Gasteiger partial charge >= 0.3 is 0 Å². The summed E-state index contributed by atoms with van der Waals surface area (Å²) >= 11 is 0. The van der Waals surface area contributed by atoms with Crippen LogP contribution in [0.2, 0.25) is 0 Å². The molecule has 0 radical (unpaired) electrons. The number of aromatic nitrogens is 3. The summed E-state index contributed by atoms with van der Waals surface area (Å²) in [5.74, 6) is 0.0780. The lowest BCUT2D eigenvalue weighted by atomic mass is 10.1. The monoisotopic (exact) mass is 326 g/mol. The van der Waals surface area contributed by atoms with Gasteiger partial charge in [0.05, 0.1) is 11.6 Å². The first-order chi connectivity index (χ1) is 11.8. The number of carbonyl (C=O) groups is 1. The zero-order chi connectivity index (χ0) is 16.4. The van der Waals surface area contributed by atoms with E-state index >= 15 is 0 Å². The van der Waals surface area contributed by atoms with Gasteiger partial charge in [0.1, 0.15) is 5.52 Å². The fourth-order valence-corrected chi connectivity index (χ4v) is 3.72. The second-order valence-electron chi connectivity index (χ2n) is 6.65. The second-order valence-corrected chi connectivity index (χ2v) is 6.65. The summed E-state index contributed by atoms with van der Waals surface area (Å²) in [6.07, 6.45) is 6.70. The molecule has 4 rings (SSSR count). The number of ether oxygens (including phenoxy) is 1. The van der Waals surface area contributed by atoms with E-state index in [0.717, 1.165) is 32.3 Å². The first kappa shape index (κ1) is 15.4. The van der Waals surface area contributed by atoms with Crippen molar-refractivity contribution in [3.05, 3.63) is 30.1 Å². The van der Waals surface area contributed by atoms with Crippen LogP contribution in [0, 0.1) is 0 Å². The fraction of sp³-hybridized carbons (Fsp3) is 0.556. The molecule has 2 aromatic rings. The summed E-state index contributed by atoms with van der Waals surface area (Å²) in [6.45, 7) is 1.44. The first-order valence-corrected chi connectivity index (χ1v) is 8.83. The molecule has 1 aliphatic carbocycles. The molecule has 1 amide bonds. The standard InChI is InChI=1S/C18H22N4O2/c23-18(17-19-15-9-3-4-10-16(15)20-21-17)22(13-6-1-2-7-13)12-14-8-5-11-24-14/h3-4,9-10,13-14H,1-2,5-8,11-12H2/t14-/m0/s1. The summed E-state index contributed by atoms with van der Waals surface area (Å²) in [6, 6.07) is 7.78. The van der Waals surface area contributed by atoms with Gasteiger partial charge in [-0.15, -0.1) is 10.2 Å². The van der Waals surface area contributed by atoms with E-state index in [9.17, 15) is 4.79 Å². The van der Waals surface area contributed by atoms with Crippen LogP contribution in [0.4, 0.5) is 0 Å². The van der Waals surface area contributed by atoms with Crippen LogP contribution in [0.5, 0.6) is 0 Å². The number of hydrogen-bond donors (Lipinski definition) is 0. The Hall–Kier alpha value is -2.08. The van der Waals surface area contributed by atoms with E-state index in [4.69, 9.17) is 4.74 Å². The van der Waals surface area contributed by atoms with Crippen molar-refractivity contribution in [2.24, 2.45) is 0 Å². The van der Waals surface area contributed by atoms with Crippen molar-refractivity contribution in [3.8, 4) is 0 Å². The topological polar surface area (TPSA) is 68.2 Å². The van der Waals surface area contributed by atoms with Crippen molar-refractivity contribution in [3.63, 3.8) is 0 Å². The molecule has 2 heterocycles. The molecule has 1 aliphatic heterocycles. The first-order valence-electron chi connectivity index (χ1n) is 8.83. The molecular weight excluding hydrogens is 304 g/mol. The minimum absolute atomic E-state index is 0.115. The highest BCUT2D eigenvalue weighted by Gasteiger charge is 2.32. The van der Waals surface area contributed by atoms with Crippen LogP contribution in [0.15, 0.2) is 24.3 Å². The van der Waals surface area contributed by atoms with Gasteiger partial charge in [0.25, 0.3) is 5.91 Å². The lowest BCUT2D eigenvalue weighted by molar-refractivity contribution is 0.0411. The van der Waals surface area contributed by atoms with Crippen molar-refractivity contribution in [2.75, 3.05) is 13.2 Å². The van der Waals surface area contributed by atoms with Gasteiger partial charge in [0.15, 0.2) is 0 Å². The average molecular weight is 326 g/mol. The van der Waals surface area contributed by atoms with Crippen LogP contribution >= 0.6 is 0 Å². The minimum Gasteiger partial charge on any atom is -0.376 e. The van der Waals surface area contributed by atoms with Crippen LogP contribution < -0.4 is 0 Å². The molecule has 0 spiro atoms. The molecule has 1 saturated carbocycles. The number of carbonyl (C=O) groups excluding carboxylic acids is 1. The Kier molecular flexibility index (Phi) is 4.38. The molecule has 2 fully saturated rings. The highest BCUT2D eigenvalue weighted by molar-refractivity contribution is 5.92. The minimum atomic E-state index is -0.115. The molecule has 1 atom stereocenters. The maximum absolute atomic E-state index is 13.1. The number of benzene rings is 1. The molecule has 0 unspecified atom stereocenters. The molecule has 2 aliphatic rings. The third-order valence-electron chi connectivity index (χ3n) is 5.00. The molecule has 0 N–H and O–H groups in total. The molecule has 1 aromatic carbocycles. The molecule has 126 valence electrons. The van der Waals surface area contributed by atoms with Crippen molar-refractivity contribution < 1.29 is 9.53 Å². The summed E-state index contributed by atoms with van der Waals surface area (Å²) in [4.78, 5) is 19.4. The number of rotatable bonds is 4. The number of nitrogens with zero attached hydrogens (tertiary/aromatic N) is 4.